The van der Waals surface area contributed by atoms with Crippen LogP contribution in [0.3, 0.4) is 0 Å². The Hall–Kier alpha value is -3.30. The molecule has 9 heteroatoms. The Morgan fingerprint density at radius 3 is 2.03 bits per heavy atom. The van der Waals surface area contributed by atoms with Crippen molar-refractivity contribution in [1.82, 2.24) is 0 Å². The molecule has 0 unspecified atom stereocenters. The highest BCUT2D eigenvalue weighted by molar-refractivity contribution is 5.72. The Bertz CT molecular complexity index is 1250. The average Bonchev–Trinajstić information content (AvgIpc) is 2.86. The highest BCUT2D eigenvalue weighted by Gasteiger charge is 2.24. The highest BCUT2D eigenvalue weighted by Crippen LogP contribution is 2.35. The molecule has 37 heavy (non-hydrogen) atoms. The smallest absolute Gasteiger partial charge is 0.260 e. The molecule has 4 rings (SSSR count). The number of alkyl halides is 2. The van der Waals surface area contributed by atoms with E-state index in [1.807, 2.05) is 0 Å². The van der Waals surface area contributed by atoms with Crippen molar-refractivity contribution in [3.05, 3.63) is 89.7 Å². The first kappa shape index (κ1) is 26.8. The van der Waals surface area contributed by atoms with Crippen LogP contribution in [0.1, 0.15) is 31.6 Å². The third-order valence-corrected chi connectivity index (χ3v) is 5.93. The fourth-order valence-electron chi connectivity index (χ4n) is 4.13. The summed E-state index contributed by atoms with van der Waals surface area (Å²) >= 11 is 0. The number of halogens is 6. The maximum Gasteiger partial charge on any atom is 0.260 e. The van der Waals surface area contributed by atoms with E-state index in [9.17, 15) is 26.3 Å². The number of ether oxygens (including phenoxy) is 3. The van der Waals surface area contributed by atoms with Gasteiger partial charge in [0.25, 0.3) is 6.43 Å². The fraction of sp³-hybridized carbons (Fsp3) is 0.286. The molecule has 3 nitrogen and oxygen atoms in total. The molecule has 3 aromatic rings. The zero-order valence-electron chi connectivity index (χ0n) is 19.8. The third kappa shape index (κ3) is 6.34. The summed E-state index contributed by atoms with van der Waals surface area (Å²) in [6, 6.07) is 9.79. The van der Waals surface area contributed by atoms with Gasteiger partial charge in [0.05, 0.1) is 19.5 Å². The Morgan fingerprint density at radius 1 is 0.838 bits per heavy atom. The minimum atomic E-state index is -2.86. The lowest BCUT2D eigenvalue weighted by Crippen LogP contribution is -2.27. The van der Waals surface area contributed by atoms with Gasteiger partial charge >= 0.3 is 0 Å². The minimum absolute atomic E-state index is 0.126. The monoisotopic (exact) mass is 522 g/mol. The van der Waals surface area contributed by atoms with E-state index in [2.05, 4.69) is 11.7 Å². The van der Waals surface area contributed by atoms with Gasteiger partial charge in [0.15, 0.2) is 23.7 Å². The molecule has 0 amide bonds. The van der Waals surface area contributed by atoms with Crippen molar-refractivity contribution in [2.45, 2.75) is 32.5 Å². The second kappa shape index (κ2) is 11.8. The van der Waals surface area contributed by atoms with Gasteiger partial charge in [0, 0.05) is 28.7 Å². The van der Waals surface area contributed by atoms with E-state index >= 15 is 0 Å². The van der Waals surface area contributed by atoms with E-state index in [0.29, 0.717) is 37.0 Å². The second-order valence-corrected chi connectivity index (χ2v) is 8.64. The van der Waals surface area contributed by atoms with Crippen molar-refractivity contribution in [3.63, 3.8) is 0 Å². The number of hydrogen-bond donors (Lipinski definition) is 0. The molecule has 196 valence electrons. The van der Waals surface area contributed by atoms with Crippen molar-refractivity contribution in [3.8, 4) is 28.0 Å². The minimum Gasteiger partial charge on any atom is -0.459 e. The van der Waals surface area contributed by atoms with Crippen LogP contribution in [0.5, 0.6) is 5.75 Å². The molecule has 1 aliphatic heterocycles. The van der Waals surface area contributed by atoms with Crippen molar-refractivity contribution < 1.29 is 40.6 Å². The molecule has 0 N–H and O–H groups in total. The zero-order valence-corrected chi connectivity index (χ0v) is 19.8. The van der Waals surface area contributed by atoms with Crippen LogP contribution in [0.2, 0.25) is 0 Å². The molecule has 0 saturated carbocycles. The van der Waals surface area contributed by atoms with Crippen LogP contribution in [0.25, 0.3) is 22.3 Å². The van der Waals surface area contributed by atoms with Crippen molar-refractivity contribution in [1.29, 1.82) is 0 Å². The van der Waals surface area contributed by atoms with Crippen LogP contribution in [-0.2, 0) is 9.47 Å². The van der Waals surface area contributed by atoms with Crippen LogP contribution in [-0.4, -0.2) is 19.6 Å². The summed E-state index contributed by atoms with van der Waals surface area (Å²) in [5.41, 5.74) is 0.564. The largest absolute Gasteiger partial charge is 0.459 e. The van der Waals surface area contributed by atoms with Crippen molar-refractivity contribution in [2.75, 3.05) is 13.2 Å². The molecule has 1 saturated heterocycles. The molecular weight excluding hydrogens is 498 g/mol. The van der Waals surface area contributed by atoms with E-state index in [0.717, 1.165) is 31.0 Å². The molecule has 1 aliphatic rings. The van der Waals surface area contributed by atoms with Gasteiger partial charge in [-0.05, 0) is 41.8 Å². The number of hydrogen-bond acceptors (Lipinski definition) is 3. The van der Waals surface area contributed by atoms with Gasteiger partial charge in [-0.25, -0.2) is 26.3 Å². The summed E-state index contributed by atoms with van der Waals surface area (Å²) in [6.45, 7) is 3.13. The molecule has 0 radical (unpaired) electrons. The molecule has 3 aromatic carbocycles. The molecule has 0 bridgehead atoms. The van der Waals surface area contributed by atoms with Crippen molar-refractivity contribution >= 4 is 0 Å². The van der Waals surface area contributed by atoms with Gasteiger partial charge in [-0.1, -0.05) is 37.6 Å². The number of allylic oxidation sites excluding steroid dienone is 1. The van der Waals surface area contributed by atoms with Gasteiger partial charge < -0.3 is 14.2 Å². The Morgan fingerprint density at radius 2 is 1.43 bits per heavy atom. The summed E-state index contributed by atoms with van der Waals surface area (Å²) in [4.78, 5) is 0. The van der Waals surface area contributed by atoms with Gasteiger partial charge in [-0.2, -0.15) is 0 Å². The summed E-state index contributed by atoms with van der Waals surface area (Å²) < 4.78 is 98.9. The molecule has 0 spiro atoms. The lowest BCUT2D eigenvalue weighted by atomic mass is 9.98. The van der Waals surface area contributed by atoms with E-state index in [-0.39, 0.29) is 22.3 Å². The van der Waals surface area contributed by atoms with Crippen molar-refractivity contribution in [2.24, 2.45) is 5.92 Å². The molecule has 0 aliphatic carbocycles. The summed E-state index contributed by atoms with van der Waals surface area (Å²) in [5.74, 6) is -4.44. The Balaban J connectivity index is 1.53. The first-order valence-corrected chi connectivity index (χ1v) is 11.7. The first-order chi connectivity index (χ1) is 17.8. The second-order valence-electron chi connectivity index (χ2n) is 8.64. The molecule has 0 aromatic heterocycles. The van der Waals surface area contributed by atoms with Crippen LogP contribution in [0.4, 0.5) is 26.3 Å². The summed E-state index contributed by atoms with van der Waals surface area (Å²) in [7, 11) is 0. The predicted octanol–water partition coefficient (Wildman–Crippen LogP) is 8.20. The van der Waals surface area contributed by atoms with E-state index in [1.54, 1.807) is 6.07 Å². The maximum atomic E-state index is 14.9. The summed E-state index contributed by atoms with van der Waals surface area (Å²) in [6.07, 6.45) is -0.751. The first-order valence-electron chi connectivity index (χ1n) is 11.7. The zero-order chi connectivity index (χ0) is 26.5. The molecule has 1 heterocycles. The fourth-order valence-corrected chi connectivity index (χ4v) is 4.13. The Labute approximate surface area is 210 Å². The molecular formula is C28H24F6O3. The van der Waals surface area contributed by atoms with Gasteiger partial charge in [0.2, 0.25) is 0 Å². The summed E-state index contributed by atoms with van der Waals surface area (Å²) in [5, 5.41) is 0. The quantitative estimate of drug-likeness (QED) is 0.221. The predicted molar refractivity (Wildman–Crippen MR) is 126 cm³/mol. The topological polar surface area (TPSA) is 27.7 Å². The van der Waals surface area contributed by atoms with E-state index in [4.69, 9.17) is 9.47 Å². The van der Waals surface area contributed by atoms with Gasteiger partial charge in [-0.15, -0.1) is 0 Å². The van der Waals surface area contributed by atoms with Gasteiger partial charge in [0.1, 0.15) is 11.6 Å². The highest BCUT2D eigenvalue weighted by atomic mass is 19.3. The maximum absolute atomic E-state index is 14.9. The SMILES string of the molecule is CCCC1COC(c2ccc(-c3ccc(-c4cc(F)c(O/C=C/C(F)F)c(F)c4)c(F)c3)c(F)c2)OC1. The Kier molecular flexibility index (Phi) is 8.56. The van der Waals surface area contributed by atoms with E-state index < -0.39 is 41.7 Å². The van der Waals surface area contributed by atoms with Crippen LogP contribution in [0, 0.1) is 29.2 Å². The van der Waals surface area contributed by atoms with Crippen LogP contribution < -0.4 is 4.74 Å². The normalized spacial score (nSPS) is 18.1. The molecule has 0 atom stereocenters. The standard InChI is InChI=1S/C28H24F6O3/c1-2-3-16-14-36-28(37-15-16)18-5-7-20(23(30)11-18)17-4-6-21(22(29)10-17)19-12-24(31)27(25(32)13-19)35-9-8-26(33)34/h4-13,16,26,28H,2-3,14-15H2,1H3/b9-8+. The number of benzene rings is 3. The lowest BCUT2D eigenvalue weighted by Gasteiger charge is -2.29. The molecule has 1 fully saturated rings. The average molecular weight is 522 g/mol. The van der Waals surface area contributed by atoms with Gasteiger partial charge in [-0.3, -0.25) is 0 Å². The number of rotatable bonds is 8. The van der Waals surface area contributed by atoms with Crippen LogP contribution in [0.15, 0.2) is 60.9 Å². The lowest BCUT2D eigenvalue weighted by molar-refractivity contribution is -0.206. The van der Waals surface area contributed by atoms with E-state index in [1.165, 1.54) is 24.3 Å². The van der Waals surface area contributed by atoms with Crippen LogP contribution >= 0.6 is 0 Å². The third-order valence-electron chi connectivity index (χ3n) is 5.93.